The molecule has 0 spiro atoms. The van der Waals surface area contributed by atoms with Gasteiger partial charge < -0.3 is 15.7 Å². The molecule has 0 amide bonds. The Bertz CT molecular complexity index is 643. The van der Waals surface area contributed by atoms with E-state index in [9.17, 15) is 4.79 Å². The molecule has 2 aromatic rings. The first-order valence-electron chi connectivity index (χ1n) is 7.40. The Balaban J connectivity index is 1.77. The summed E-state index contributed by atoms with van der Waals surface area (Å²) < 4.78 is 7.09. The highest BCUT2D eigenvalue weighted by Gasteiger charge is 2.09. The topological polar surface area (TPSA) is 103 Å². The number of carboxylic acid groups (broad SMARTS) is 1. The van der Waals surface area contributed by atoms with Gasteiger partial charge in [0, 0.05) is 12.2 Å². The minimum atomic E-state index is -0.951. The smallest absolute Gasteiger partial charge is 0.335 e. The Morgan fingerprint density at radius 2 is 2.09 bits per heavy atom. The molecule has 0 aliphatic heterocycles. The number of nitrogens with zero attached hydrogens (tertiary/aromatic N) is 3. The van der Waals surface area contributed by atoms with E-state index in [1.807, 2.05) is 0 Å². The van der Waals surface area contributed by atoms with Gasteiger partial charge in [0.1, 0.15) is 5.75 Å². The number of rotatable bonds is 9. The molecular formula is C15H20N4O3S. The van der Waals surface area contributed by atoms with Crippen molar-refractivity contribution >= 4 is 17.7 Å². The van der Waals surface area contributed by atoms with Crippen LogP contribution < -0.4 is 10.6 Å². The fraction of sp³-hybridized carbons (Fsp3) is 0.400. The zero-order valence-corrected chi connectivity index (χ0v) is 13.8. The summed E-state index contributed by atoms with van der Waals surface area (Å²) in [6, 6.07) is 6.31. The Morgan fingerprint density at radius 3 is 2.74 bits per heavy atom. The van der Waals surface area contributed by atoms with Crippen LogP contribution in [0.4, 0.5) is 0 Å². The molecule has 0 bridgehead atoms. The molecule has 3 N–H and O–H groups in total. The zero-order chi connectivity index (χ0) is 16.7. The maximum Gasteiger partial charge on any atom is 0.335 e. The van der Waals surface area contributed by atoms with E-state index in [1.165, 1.54) is 28.6 Å². The minimum absolute atomic E-state index is 0.238. The van der Waals surface area contributed by atoms with Gasteiger partial charge in [0.05, 0.1) is 12.2 Å². The molecule has 0 unspecified atom stereocenters. The van der Waals surface area contributed by atoms with Gasteiger partial charge in [0.2, 0.25) is 5.16 Å². The number of aromatic carboxylic acids is 1. The van der Waals surface area contributed by atoms with Gasteiger partial charge in [-0.15, -0.1) is 10.2 Å². The Morgan fingerprint density at radius 1 is 1.35 bits per heavy atom. The first kappa shape index (κ1) is 17.1. The average molecular weight is 336 g/mol. The lowest BCUT2D eigenvalue weighted by molar-refractivity contribution is 0.0697. The molecule has 1 aromatic heterocycles. The van der Waals surface area contributed by atoms with E-state index >= 15 is 0 Å². The van der Waals surface area contributed by atoms with Crippen LogP contribution in [0.5, 0.6) is 5.75 Å². The summed E-state index contributed by atoms with van der Waals surface area (Å²) in [6.07, 6.45) is 2.95. The molecule has 23 heavy (non-hydrogen) atoms. The third kappa shape index (κ3) is 4.88. The van der Waals surface area contributed by atoms with Crippen LogP contribution in [0.1, 0.15) is 35.9 Å². The first-order valence-corrected chi connectivity index (χ1v) is 8.38. The molecule has 1 aromatic carbocycles. The van der Waals surface area contributed by atoms with E-state index in [1.54, 1.807) is 12.1 Å². The van der Waals surface area contributed by atoms with Crippen LogP contribution in [-0.2, 0) is 6.42 Å². The van der Waals surface area contributed by atoms with Crippen LogP contribution in [0.25, 0.3) is 0 Å². The van der Waals surface area contributed by atoms with Crippen LogP contribution in [0.3, 0.4) is 0 Å². The highest BCUT2D eigenvalue weighted by molar-refractivity contribution is 7.99. The van der Waals surface area contributed by atoms with Crippen LogP contribution in [-0.4, -0.2) is 38.3 Å². The van der Waals surface area contributed by atoms with Crippen molar-refractivity contribution in [2.24, 2.45) is 0 Å². The molecule has 0 saturated heterocycles. The van der Waals surface area contributed by atoms with Gasteiger partial charge in [0.15, 0.2) is 5.82 Å². The molecule has 7 nitrogen and oxygen atoms in total. The summed E-state index contributed by atoms with van der Waals surface area (Å²) in [5, 5.41) is 17.7. The third-order valence-electron chi connectivity index (χ3n) is 3.17. The predicted octanol–water partition coefficient (Wildman–Crippen LogP) is 2.20. The molecule has 0 saturated carbocycles. The van der Waals surface area contributed by atoms with Crippen molar-refractivity contribution in [2.75, 3.05) is 18.2 Å². The number of hydrogen-bond donors (Lipinski definition) is 2. The first-order chi connectivity index (χ1) is 11.1. The van der Waals surface area contributed by atoms with Gasteiger partial charge >= 0.3 is 5.97 Å². The molecular weight excluding hydrogens is 316 g/mol. The number of ether oxygens (including phenoxy) is 1. The van der Waals surface area contributed by atoms with Gasteiger partial charge in [-0.25, -0.2) is 9.47 Å². The van der Waals surface area contributed by atoms with Crippen molar-refractivity contribution in [1.82, 2.24) is 14.9 Å². The van der Waals surface area contributed by atoms with E-state index in [0.29, 0.717) is 23.3 Å². The number of nitrogen functional groups attached to an aromatic ring is 1. The summed E-state index contributed by atoms with van der Waals surface area (Å²) in [6.45, 7) is 2.58. The number of hydrogen-bond acceptors (Lipinski definition) is 6. The second kappa shape index (κ2) is 8.42. The van der Waals surface area contributed by atoms with Crippen LogP contribution in [0, 0.1) is 0 Å². The monoisotopic (exact) mass is 336 g/mol. The van der Waals surface area contributed by atoms with Gasteiger partial charge in [-0.05, 0) is 30.7 Å². The molecule has 8 heteroatoms. The van der Waals surface area contributed by atoms with Crippen molar-refractivity contribution in [2.45, 2.75) is 31.3 Å². The second-order valence-corrected chi connectivity index (χ2v) is 5.96. The number of thioether (sulfide) groups is 1. The normalized spacial score (nSPS) is 10.7. The maximum atomic E-state index is 10.8. The number of nitrogens with two attached hydrogens (primary N) is 1. The molecule has 0 atom stereocenters. The molecule has 1 heterocycles. The van der Waals surface area contributed by atoms with E-state index < -0.39 is 5.97 Å². The lowest BCUT2D eigenvalue weighted by Crippen LogP contribution is -2.14. The van der Waals surface area contributed by atoms with E-state index in [2.05, 4.69) is 17.1 Å². The van der Waals surface area contributed by atoms with Crippen LogP contribution >= 0.6 is 11.8 Å². The lowest BCUT2D eigenvalue weighted by Gasteiger charge is -2.06. The van der Waals surface area contributed by atoms with Gasteiger partial charge in [0.25, 0.3) is 0 Å². The molecule has 2 rings (SSSR count). The predicted molar refractivity (Wildman–Crippen MR) is 88.4 cm³/mol. The largest absolute Gasteiger partial charge is 0.493 e. The van der Waals surface area contributed by atoms with Crippen molar-refractivity contribution in [3.05, 3.63) is 35.7 Å². The second-order valence-electron chi connectivity index (χ2n) is 4.90. The molecule has 0 fully saturated rings. The van der Waals surface area contributed by atoms with E-state index in [-0.39, 0.29) is 5.56 Å². The third-order valence-corrected chi connectivity index (χ3v) is 4.08. The molecule has 0 aliphatic rings. The van der Waals surface area contributed by atoms with Gasteiger partial charge in [-0.1, -0.05) is 25.1 Å². The minimum Gasteiger partial charge on any atom is -0.493 e. The number of carbonyl (C=O) groups is 1. The van der Waals surface area contributed by atoms with Crippen LogP contribution in [0.2, 0.25) is 0 Å². The Hall–Kier alpha value is -2.22. The maximum absolute atomic E-state index is 10.8. The van der Waals surface area contributed by atoms with Crippen molar-refractivity contribution < 1.29 is 14.6 Å². The van der Waals surface area contributed by atoms with Crippen LogP contribution in [0.15, 0.2) is 29.4 Å². The molecule has 0 radical (unpaired) electrons. The summed E-state index contributed by atoms with van der Waals surface area (Å²) in [7, 11) is 0. The fourth-order valence-corrected chi connectivity index (χ4v) is 2.59. The average Bonchev–Trinajstić information content (AvgIpc) is 2.90. The lowest BCUT2D eigenvalue weighted by atomic mass is 10.2. The molecule has 124 valence electrons. The molecule has 0 aliphatic carbocycles. The quantitative estimate of drug-likeness (QED) is 0.411. The van der Waals surface area contributed by atoms with Crippen molar-refractivity contribution in [3.63, 3.8) is 0 Å². The van der Waals surface area contributed by atoms with Gasteiger partial charge in [-0.2, -0.15) is 0 Å². The standard InChI is InChI=1S/C15H20N4O3S/c1-2-3-4-13-17-18-15(19(13)16)23-10-9-22-12-7-5-11(6-8-12)14(20)21/h5-8H,2-4,9-10,16H2,1H3,(H,20,21). The highest BCUT2D eigenvalue weighted by atomic mass is 32.2. The summed E-state index contributed by atoms with van der Waals surface area (Å²) >= 11 is 1.47. The Kier molecular flexibility index (Phi) is 6.28. The highest BCUT2D eigenvalue weighted by Crippen LogP contribution is 2.17. The Labute approximate surface area is 138 Å². The fourth-order valence-electron chi connectivity index (χ4n) is 1.90. The number of aromatic nitrogens is 3. The number of benzene rings is 1. The number of aryl methyl sites for hydroxylation is 1. The summed E-state index contributed by atoms with van der Waals surface area (Å²) in [4.78, 5) is 10.8. The van der Waals surface area contributed by atoms with Crippen molar-refractivity contribution in [1.29, 1.82) is 0 Å². The summed E-state index contributed by atoms with van der Waals surface area (Å²) in [5.74, 6) is 7.10. The van der Waals surface area contributed by atoms with Gasteiger partial charge in [-0.3, -0.25) is 0 Å². The zero-order valence-electron chi connectivity index (χ0n) is 12.9. The van der Waals surface area contributed by atoms with E-state index in [4.69, 9.17) is 15.7 Å². The number of carboxylic acids is 1. The SMILES string of the molecule is CCCCc1nnc(SCCOc2ccc(C(=O)O)cc2)n1N. The summed E-state index contributed by atoms with van der Waals surface area (Å²) in [5.41, 5.74) is 0.238. The van der Waals surface area contributed by atoms with Crippen molar-refractivity contribution in [3.8, 4) is 5.75 Å². The number of unbranched alkanes of at least 4 members (excludes halogenated alkanes) is 1. The van der Waals surface area contributed by atoms with E-state index in [0.717, 1.165) is 25.1 Å².